The highest BCUT2D eigenvalue weighted by atomic mass is 79.9. The zero-order valence-corrected chi connectivity index (χ0v) is 14.1. The molecule has 0 radical (unpaired) electrons. The van der Waals surface area contributed by atoms with Gasteiger partial charge in [0.15, 0.2) is 14.4 Å². The Balaban J connectivity index is 4.85. The van der Waals surface area contributed by atoms with Crippen LogP contribution in [0.1, 0.15) is 13.8 Å². The van der Waals surface area contributed by atoms with Crippen LogP contribution in [0.15, 0.2) is 0 Å². The molecule has 0 heterocycles. The molecule has 0 saturated heterocycles. The predicted octanol–water partition coefficient (Wildman–Crippen LogP) is 2.10. The molecule has 0 aliphatic heterocycles. The lowest BCUT2D eigenvalue weighted by Crippen LogP contribution is -2.46. The van der Waals surface area contributed by atoms with Crippen LogP contribution in [0.2, 0.25) is 19.6 Å². The van der Waals surface area contributed by atoms with Gasteiger partial charge < -0.3 is 13.9 Å². The highest BCUT2D eigenvalue weighted by Crippen LogP contribution is 2.18. The van der Waals surface area contributed by atoms with Gasteiger partial charge in [0.05, 0.1) is 13.2 Å². The molecule has 0 aromatic heterocycles. The van der Waals surface area contributed by atoms with Gasteiger partial charge in [-0.2, -0.15) is 0 Å². The molecule has 0 N–H and O–H groups in total. The molecule has 0 bridgehead atoms. The summed E-state index contributed by atoms with van der Waals surface area (Å²) in [5.74, 6) is -1.07. The van der Waals surface area contributed by atoms with Gasteiger partial charge in [-0.25, -0.2) is 4.79 Å². The molecule has 0 aliphatic carbocycles. The summed E-state index contributed by atoms with van der Waals surface area (Å²) in [6.07, 6.45) is -0.962. The average molecular weight is 341 g/mol. The Labute approximate surface area is 117 Å². The van der Waals surface area contributed by atoms with Gasteiger partial charge >= 0.3 is 11.9 Å². The first kappa shape index (κ1) is 17.6. The van der Waals surface area contributed by atoms with E-state index in [1.165, 1.54) is 0 Å². The number of rotatable bonds is 7. The number of alkyl halides is 1. The fourth-order valence-electron chi connectivity index (χ4n) is 1.18. The van der Waals surface area contributed by atoms with E-state index in [-0.39, 0.29) is 13.2 Å². The smallest absolute Gasteiger partial charge is 0.335 e. The summed E-state index contributed by atoms with van der Waals surface area (Å²) in [7, 11) is -1.98. The molecule has 0 aromatic rings. The quantitative estimate of drug-likeness (QED) is 0.403. The molecule has 5 nitrogen and oxygen atoms in total. The van der Waals surface area contributed by atoms with Crippen LogP contribution in [-0.2, 0) is 23.5 Å². The first-order valence-electron chi connectivity index (χ1n) is 5.88. The van der Waals surface area contributed by atoms with Crippen LogP contribution < -0.4 is 0 Å². The summed E-state index contributed by atoms with van der Waals surface area (Å²) >= 11 is 3.16. The maximum atomic E-state index is 11.8. The second-order valence-corrected chi connectivity index (χ2v) is 10.0. The Morgan fingerprint density at radius 1 is 1.06 bits per heavy atom. The van der Waals surface area contributed by atoms with Crippen LogP contribution in [0, 0.1) is 0 Å². The number of ether oxygens (including phenoxy) is 2. The Kier molecular flexibility index (Phi) is 7.73. The lowest BCUT2D eigenvalue weighted by Gasteiger charge is -2.27. The summed E-state index contributed by atoms with van der Waals surface area (Å²) in [5.41, 5.74) is 0. The molecule has 0 unspecified atom stereocenters. The molecule has 106 valence electrons. The Morgan fingerprint density at radius 3 is 1.89 bits per heavy atom. The first-order valence-corrected chi connectivity index (χ1v) is 10.2. The van der Waals surface area contributed by atoms with Gasteiger partial charge in [-0.3, -0.25) is 4.79 Å². The number of carbonyl (C=O) groups is 2. The van der Waals surface area contributed by atoms with E-state index in [1.807, 2.05) is 19.6 Å². The maximum Gasteiger partial charge on any atom is 0.335 e. The van der Waals surface area contributed by atoms with Gasteiger partial charge in [-0.05, 0) is 33.5 Å². The monoisotopic (exact) mass is 340 g/mol. The van der Waals surface area contributed by atoms with Crippen LogP contribution in [-0.4, -0.2) is 44.4 Å². The molecular formula is C11H21BrO5Si. The van der Waals surface area contributed by atoms with Gasteiger partial charge in [0.2, 0.25) is 0 Å². The third-order valence-corrected chi connectivity index (χ3v) is 3.59. The summed E-state index contributed by atoms with van der Waals surface area (Å²) in [4.78, 5) is 22.6. The second-order valence-electron chi connectivity index (χ2n) is 4.56. The van der Waals surface area contributed by atoms with E-state index in [2.05, 4.69) is 15.9 Å². The molecule has 7 heteroatoms. The van der Waals surface area contributed by atoms with Crippen molar-refractivity contribution in [3.05, 3.63) is 0 Å². The summed E-state index contributed by atoms with van der Waals surface area (Å²) < 4.78 is 15.5. The molecular weight excluding hydrogens is 320 g/mol. The van der Waals surface area contributed by atoms with Crippen molar-refractivity contribution in [1.82, 2.24) is 0 Å². The Hall–Kier alpha value is -0.403. The van der Waals surface area contributed by atoms with Crippen molar-refractivity contribution in [3.63, 3.8) is 0 Å². The molecule has 0 aliphatic rings. The second kappa shape index (κ2) is 7.91. The molecule has 2 atom stereocenters. The van der Waals surface area contributed by atoms with Crippen molar-refractivity contribution in [2.75, 3.05) is 13.2 Å². The third-order valence-electron chi connectivity index (χ3n) is 1.78. The van der Waals surface area contributed by atoms with E-state index in [9.17, 15) is 9.59 Å². The number of halogens is 1. The summed E-state index contributed by atoms with van der Waals surface area (Å²) in [6.45, 7) is 9.71. The first-order chi connectivity index (χ1) is 8.22. The van der Waals surface area contributed by atoms with Gasteiger partial charge in [-0.1, -0.05) is 15.9 Å². The Bertz CT molecular complexity index is 290. The lowest BCUT2D eigenvalue weighted by molar-refractivity contribution is -0.157. The van der Waals surface area contributed by atoms with Crippen LogP contribution in [0.4, 0.5) is 0 Å². The minimum atomic E-state index is -1.98. The fraction of sp³-hybridized carbons (Fsp3) is 0.818. The van der Waals surface area contributed by atoms with E-state index in [0.717, 1.165) is 0 Å². The topological polar surface area (TPSA) is 61.8 Å². The minimum Gasteiger partial charge on any atom is -0.465 e. The molecule has 0 saturated carbocycles. The van der Waals surface area contributed by atoms with E-state index in [4.69, 9.17) is 13.9 Å². The number of hydrogen-bond acceptors (Lipinski definition) is 5. The predicted molar refractivity (Wildman–Crippen MR) is 74.2 cm³/mol. The van der Waals surface area contributed by atoms with Crippen LogP contribution >= 0.6 is 15.9 Å². The molecule has 0 spiro atoms. The van der Waals surface area contributed by atoms with Gasteiger partial charge in [0, 0.05) is 0 Å². The van der Waals surface area contributed by atoms with Crippen LogP contribution in [0.25, 0.3) is 0 Å². The van der Waals surface area contributed by atoms with Gasteiger partial charge in [0.25, 0.3) is 0 Å². The van der Waals surface area contributed by atoms with Crippen molar-refractivity contribution < 1.29 is 23.5 Å². The Morgan fingerprint density at radius 2 is 1.50 bits per heavy atom. The zero-order valence-electron chi connectivity index (χ0n) is 11.5. The highest BCUT2D eigenvalue weighted by Gasteiger charge is 2.38. The van der Waals surface area contributed by atoms with Crippen molar-refractivity contribution in [2.45, 2.75) is 44.4 Å². The van der Waals surface area contributed by atoms with Gasteiger partial charge in [0.1, 0.15) is 4.83 Å². The molecule has 0 fully saturated rings. The largest absolute Gasteiger partial charge is 0.465 e. The van der Waals surface area contributed by atoms with Crippen LogP contribution in [0.3, 0.4) is 0 Å². The normalized spacial score (nSPS) is 14.8. The number of esters is 2. The fourth-order valence-corrected chi connectivity index (χ4v) is 2.83. The van der Waals surface area contributed by atoms with E-state index in [1.54, 1.807) is 13.8 Å². The number of hydrogen-bond donors (Lipinski definition) is 0. The molecule has 0 aromatic carbocycles. The van der Waals surface area contributed by atoms with Crippen molar-refractivity contribution >= 4 is 36.2 Å². The highest BCUT2D eigenvalue weighted by molar-refractivity contribution is 9.10. The average Bonchev–Trinajstić information content (AvgIpc) is 2.24. The van der Waals surface area contributed by atoms with Crippen LogP contribution in [0.5, 0.6) is 0 Å². The minimum absolute atomic E-state index is 0.243. The standard InChI is InChI=1S/C11H21BrO5Si/c1-6-15-10(13)8(12)9(11(14)16-7-2)17-18(3,4)5/h8-9H,6-7H2,1-5H3/t8-,9+/m0/s1. The van der Waals surface area contributed by atoms with Crippen molar-refractivity contribution in [3.8, 4) is 0 Å². The van der Waals surface area contributed by atoms with Gasteiger partial charge in [-0.15, -0.1) is 0 Å². The third kappa shape index (κ3) is 6.51. The van der Waals surface area contributed by atoms with E-state index in [0.29, 0.717) is 0 Å². The maximum absolute atomic E-state index is 11.8. The van der Waals surface area contributed by atoms with E-state index < -0.39 is 31.2 Å². The SMILES string of the molecule is CCOC(=O)[C@@H](Br)[C@@H](O[Si](C)(C)C)C(=O)OCC. The van der Waals surface area contributed by atoms with Crippen molar-refractivity contribution in [2.24, 2.45) is 0 Å². The van der Waals surface area contributed by atoms with E-state index >= 15 is 0 Å². The number of carbonyl (C=O) groups excluding carboxylic acids is 2. The lowest BCUT2D eigenvalue weighted by atomic mass is 10.2. The van der Waals surface area contributed by atoms with Crippen molar-refractivity contribution in [1.29, 1.82) is 0 Å². The summed E-state index contributed by atoms with van der Waals surface area (Å²) in [6, 6.07) is 0. The molecule has 0 amide bonds. The molecule has 18 heavy (non-hydrogen) atoms. The summed E-state index contributed by atoms with van der Waals surface area (Å²) in [5, 5.41) is 0. The zero-order chi connectivity index (χ0) is 14.3. The molecule has 0 rings (SSSR count).